The third-order valence-corrected chi connectivity index (χ3v) is 4.81. The molecule has 0 aromatic carbocycles. The molecule has 0 aliphatic carbocycles. The van der Waals surface area contributed by atoms with Crippen LogP contribution in [-0.2, 0) is 14.4 Å². The second-order valence-electron chi connectivity index (χ2n) is 7.60. The Bertz CT molecular complexity index is 466. The maximum absolute atomic E-state index is 12.4. The molecule has 0 unspecified atom stereocenters. The fourth-order valence-corrected chi connectivity index (χ4v) is 2.92. The van der Waals surface area contributed by atoms with Crippen LogP contribution in [0.5, 0.6) is 0 Å². The lowest BCUT2D eigenvalue weighted by atomic mass is 10.1. The molecular formula is C23H43N3O3. The molecule has 0 rings (SSSR count). The third-order valence-electron chi connectivity index (χ3n) is 4.81. The number of nitrogens with one attached hydrogen (secondary N) is 3. The van der Waals surface area contributed by atoms with Gasteiger partial charge >= 0.3 is 0 Å². The summed E-state index contributed by atoms with van der Waals surface area (Å²) in [5, 5.41) is 8.56. The number of allylic oxidation sites excluding steroid dienone is 1. The maximum atomic E-state index is 12.4. The molecular weight excluding hydrogens is 366 g/mol. The van der Waals surface area contributed by atoms with E-state index in [1.165, 1.54) is 0 Å². The Kier molecular flexibility index (Phi) is 18.2. The Morgan fingerprint density at radius 1 is 0.793 bits per heavy atom. The third kappa shape index (κ3) is 16.8. The van der Waals surface area contributed by atoms with Gasteiger partial charge < -0.3 is 16.0 Å². The van der Waals surface area contributed by atoms with E-state index in [1.807, 2.05) is 6.08 Å². The Morgan fingerprint density at radius 2 is 1.41 bits per heavy atom. The average molecular weight is 410 g/mol. The summed E-state index contributed by atoms with van der Waals surface area (Å²) in [4.78, 5) is 36.7. The van der Waals surface area contributed by atoms with Crippen molar-refractivity contribution in [1.82, 2.24) is 16.0 Å². The minimum atomic E-state index is -0.649. The molecule has 0 bridgehead atoms. The second kappa shape index (κ2) is 19.5. The zero-order valence-electron chi connectivity index (χ0n) is 18.7. The number of unbranched alkanes of at least 4 members (excludes halogenated alkanes) is 7. The molecule has 3 N–H and O–H groups in total. The fraction of sp³-hybridized carbons (Fsp3) is 0.783. The van der Waals surface area contributed by atoms with Crippen LogP contribution >= 0.6 is 0 Å². The van der Waals surface area contributed by atoms with Crippen LogP contribution in [0.3, 0.4) is 0 Å². The number of carbonyl (C=O) groups is 3. The Balaban J connectivity index is 4.33. The van der Waals surface area contributed by atoms with Crippen molar-refractivity contribution in [2.45, 2.75) is 103 Å². The molecule has 0 radical (unpaired) electrons. The predicted molar refractivity (Wildman–Crippen MR) is 120 cm³/mol. The molecule has 168 valence electrons. The summed E-state index contributed by atoms with van der Waals surface area (Å²) in [6.45, 7) is 9.09. The number of amides is 3. The fourth-order valence-electron chi connectivity index (χ4n) is 2.92. The van der Waals surface area contributed by atoms with Gasteiger partial charge in [-0.05, 0) is 38.5 Å². The van der Waals surface area contributed by atoms with Crippen LogP contribution in [-0.4, -0.2) is 36.9 Å². The van der Waals surface area contributed by atoms with Gasteiger partial charge in [-0.3, -0.25) is 14.4 Å². The molecule has 0 spiro atoms. The van der Waals surface area contributed by atoms with Gasteiger partial charge in [-0.15, -0.1) is 6.58 Å². The van der Waals surface area contributed by atoms with E-state index in [2.05, 4.69) is 36.4 Å². The molecule has 0 saturated heterocycles. The predicted octanol–water partition coefficient (Wildman–Crippen LogP) is 4.00. The van der Waals surface area contributed by atoms with Gasteiger partial charge in [-0.25, -0.2) is 0 Å². The molecule has 6 heteroatoms. The van der Waals surface area contributed by atoms with E-state index in [9.17, 15) is 14.4 Å². The quantitative estimate of drug-likeness (QED) is 0.223. The van der Waals surface area contributed by atoms with E-state index in [0.29, 0.717) is 25.9 Å². The van der Waals surface area contributed by atoms with E-state index in [-0.39, 0.29) is 24.1 Å². The van der Waals surface area contributed by atoms with Crippen molar-refractivity contribution in [3.63, 3.8) is 0 Å². The first-order valence-electron chi connectivity index (χ1n) is 11.5. The van der Waals surface area contributed by atoms with E-state index < -0.39 is 6.04 Å². The largest absolute Gasteiger partial charge is 0.356 e. The average Bonchev–Trinajstić information content (AvgIpc) is 2.70. The van der Waals surface area contributed by atoms with Crippen molar-refractivity contribution in [3.05, 3.63) is 12.7 Å². The van der Waals surface area contributed by atoms with Crippen molar-refractivity contribution >= 4 is 17.7 Å². The van der Waals surface area contributed by atoms with Crippen LogP contribution in [0.15, 0.2) is 12.7 Å². The van der Waals surface area contributed by atoms with Crippen molar-refractivity contribution in [2.24, 2.45) is 0 Å². The Morgan fingerprint density at radius 3 is 2.07 bits per heavy atom. The summed E-state index contributed by atoms with van der Waals surface area (Å²) < 4.78 is 0. The van der Waals surface area contributed by atoms with Crippen LogP contribution in [0.25, 0.3) is 0 Å². The second-order valence-corrected chi connectivity index (χ2v) is 7.60. The summed E-state index contributed by atoms with van der Waals surface area (Å²) in [7, 11) is 0. The Hall–Kier alpha value is -1.85. The molecule has 0 heterocycles. The number of carbonyl (C=O) groups excluding carboxylic acids is 3. The van der Waals surface area contributed by atoms with Gasteiger partial charge in [0.05, 0.1) is 0 Å². The van der Waals surface area contributed by atoms with Crippen LogP contribution in [0.2, 0.25) is 0 Å². The highest BCUT2D eigenvalue weighted by molar-refractivity contribution is 5.88. The summed E-state index contributed by atoms with van der Waals surface area (Å²) >= 11 is 0. The number of rotatable bonds is 19. The monoisotopic (exact) mass is 409 g/mol. The minimum absolute atomic E-state index is 0.0708. The summed E-state index contributed by atoms with van der Waals surface area (Å²) in [6.07, 6.45) is 13.1. The van der Waals surface area contributed by atoms with Gasteiger partial charge in [-0.2, -0.15) is 0 Å². The van der Waals surface area contributed by atoms with E-state index in [0.717, 1.165) is 64.2 Å². The lowest BCUT2D eigenvalue weighted by Gasteiger charge is -2.18. The smallest absolute Gasteiger partial charge is 0.242 e. The molecule has 0 aromatic rings. The van der Waals surface area contributed by atoms with Crippen molar-refractivity contribution in [1.29, 1.82) is 0 Å². The first kappa shape index (κ1) is 27.1. The summed E-state index contributed by atoms with van der Waals surface area (Å²) in [5.41, 5.74) is 0. The molecule has 0 saturated carbocycles. The summed E-state index contributed by atoms with van der Waals surface area (Å²) in [6, 6.07) is -0.649. The topological polar surface area (TPSA) is 87.3 Å². The molecule has 29 heavy (non-hydrogen) atoms. The normalized spacial score (nSPS) is 11.5. The van der Waals surface area contributed by atoms with Crippen LogP contribution in [0, 0.1) is 0 Å². The van der Waals surface area contributed by atoms with E-state index >= 15 is 0 Å². The Labute approximate surface area is 177 Å². The first-order chi connectivity index (χ1) is 14.0. The van der Waals surface area contributed by atoms with Gasteiger partial charge in [0.25, 0.3) is 0 Å². The first-order valence-corrected chi connectivity index (χ1v) is 11.5. The molecule has 0 aliphatic heterocycles. The minimum Gasteiger partial charge on any atom is -0.356 e. The zero-order valence-corrected chi connectivity index (χ0v) is 18.7. The molecule has 6 nitrogen and oxygen atoms in total. The SMILES string of the molecule is C=CCCCCCCCC(=O)N[C@@H](CCC(=O)NCCCC)C(=O)NCCCC. The van der Waals surface area contributed by atoms with Crippen LogP contribution < -0.4 is 16.0 Å². The van der Waals surface area contributed by atoms with Crippen molar-refractivity contribution in [3.8, 4) is 0 Å². The molecule has 3 amide bonds. The zero-order chi connectivity index (χ0) is 21.7. The van der Waals surface area contributed by atoms with E-state index in [1.54, 1.807) is 0 Å². The summed E-state index contributed by atoms with van der Waals surface area (Å²) in [5.74, 6) is -0.380. The molecule has 0 aliphatic rings. The van der Waals surface area contributed by atoms with E-state index in [4.69, 9.17) is 0 Å². The number of hydrogen-bond donors (Lipinski definition) is 3. The lowest BCUT2D eigenvalue weighted by molar-refractivity contribution is -0.129. The van der Waals surface area contributed by atoms with Gasteiger partial charge in [0, 0.05) is 25.9 Å². The van der Waals surface area contributed by atoms with Gasteiger partial charge in [0.1, 0.15) is 6.04 Å². The maximum Gasteiger partial charge on any atom is 0.242 e. The van der Waals surface area contributed by atoms with Gasteiger partial charge in [-0.1, -0.05) is 52.0 Å². The lowest BCUT2D eigenvalue weighted by Crippen LogP contribution is -2.47. The van der Waals surface area contributed by atoms with Crippen LogP contribution in [0.4, 0.5) is 0 Å². The molecule has 1 atom stereocenters. The van der Waals surface area contributed by atoms with Crippen LogP contribution in [0.1, 0.15) is 97.3 Å². The van der Waals surface area contributed by atoms with Crippen molar-refractivity contribution in [2.75, 3.05) is 13.1 Å². The van der Waals surface area contributed by atoms with Gasteiger partial charge in [0.2, 0.25) is 17.7 Å². The molecule has 0 fully saturated rings. The highest BCUT2D eigenvalue weighted by atomic mass is 16.2. The van der Waals surface area contributed by atoms with Crippen molar-refractivity contribution < 1.29 is 14.4 Å². The highest BCUT2D eigenvalue weighted by Gasteiger charge is 2.21. The van der Waals surface area contributed by atoms with Gasteiger partial charge in [0.15, 0.2) is 0 Å². The highest BCUT2D eigenvalue weighted by Crippen LogP contribution is 2.08. The number of hydrogen-bond acceptors (Lipinski definition) is 3. The molecule has 0 aromatic heterocycles. The standard InChI is InChI=1S/C23H43N3O3/c1-4-7-10-11-12-13-14-15-22(28)26-20(23(29)25-19-9-6-3)16-17-21(27)24-18-8-5-2/h4,20H,1,5-19H2,2-3H3,(H,24,27)(H,25,29)(H,26,28)/t20-/m0/s1.